The van der Waals surface area contributed by atoms with Crippen LogP contribution in [0.5, 0.6) is 0 Å². The van der Waals surface area contributed by atoms with Crippen molar-refractivity contribution in [2.45, 2.75) is 43.5 Å². The molecule has 2 saturated heterocycles. The molecule has 4 aromatic rings. The number of likely N-dealkylation sites (tertiary alicyclic amines) is 1. The third-order valence-corrected chi connectivity index (χ3v) is 10.9. The van der Waals surface area contributed by atoms with Crippen LogP contribution in [0.25, 0.3) is 11.0 Å². The number of fused-ring (bicyclic) bond motifs is 1. The minimum Gasteiger partial charge on any atom is -0.357 e. The minimum atomic E-state index is -3.43. The Kier molecular flexibility index (Phi) is 9.60. The van der Waals surface area contributed by atoms with Crippen molar-refractivity contribution < 1.29 is 13.2 Å². The number of carbonyl (C=O) groups excluding carboxylic acids is 1. The van der Waals surface area contributed by atoms with Crippen molar-refractivity contribution in [1.82, 2.24) is 29.7 Å². The van der Waals surface area contributed by atoms with E-state index in [9.17, 15) is 13.2 Å². The largest absolute Gasteiger partial charge is 0.357 e. The lowest BCUT2D eigenvalue weighted by atomic mass is 10.0. The Morgan fingerprint density at radius 3 is 2.49 bits per heavy atom. The van der Waals surface area contributed by atoms with Gasteiger partial charge in [0.1, 0.15) is 11.3 Å². The fourth-order valence-corrected chi connectivity index (χ4v) is 7.53. The second-order valence-electron chi connectivity index (χ2n) is 12.3. The number of nitrogens with zero attached hydrogens (tertiary/aromatic N) is 5. The number of para-hydroxylation sites is 1. The highest BCUT2D eigenvalue weighted by atomic mass is 32.2. The molecule has 2 N–H and O–H groups in total. The van der Waals surface area contributed by atoms with Crippen LogP contribution >= 0.6 is 0 Å². The van der Waals surface area contributed by atoms with Crippen molar-refractivity contribution in [3.63, 3.8) is 0 Å². The molecule has 0 radical (unpaired) electrons. The van der Waals surface area contributed by atoms with Gasteiger partial charge in [-0.1, -0.05) is 43.3 Å². The minimum absolute atomic E-state index is 0.00683. The molecule has 0 bridgehead atoms. The van der Waals surface area contributed by atoms with Crippen molar-refractivity contribution in [1.29, 1.82) is 0 Å². The molecule has 6 rings (SSSR count). The monoisotopic (exact) mass is 629 g/mol. The lowest BCUT2D eigenvalue weighted by molar-refractivity contribution is -0.120. The van der Waals surface area contributed by atoms with Crippen molar-refractivity contribution in [2.75, 3.05) is 63.9 Å². The molecule has 10 nitrogen and oxygen atoms in total. The number of hydrogen-bond donors (Lipinski definition) is 2. The molecule has 0 unspecified atom stereocenters. The van der Waals surface area contributed by atoms with E-state index in [1.165, 1.54) is 0 Å². The third-order valence-electron chi connectivity index (χ3n) is 9.07. The number of aromatic amines is 1. The van der Waals surface area contributed by atoms with Crippen LogP contribution in [0, 0.1) is 0 Å². The van der Waals surface area contributed by atoms with Gasteiger partial charge in [-0.25, -0.2) is 18.4 Å². The molecule has 0 aliphatic carbocycles. The number of piperidine rings is 1. The quantitative estimate of drug-likeness (QED) is 0.255. The van der Waals surface area contributed by atoms with Crippen LogP contribution < -0.4 is 5.32 Å². The van der Waals surface area contributed by atoms with Gasteiger partial charge in [-0.15, -0.1) is 0 Å². The van der Waals surface area contributed by atoms with Crippen molar-refractivity contribution in [3.8, 4) is 0 Å². The summed E-state index contributed by atoms with van der Waals surface area (Å²) in [5, 5.41) is 3.25. The summed E-state index contributed by atoms with van der Waals surface area (Å²) in [5.74, 6) is 1.36. The van der Waals surface area contributed by atoms with E-state index in [4.69, 9.17) is 9.97 Å². The molecular weight excluding hydrogens is 586 g/mol. The number of piperazine rings is 1. The summed E-state index contributed by atoms with van der Waals surface area (Å²) >= 11 is 0. The van der Waals surface area contributed by atoms with Crippen LogP contribution in [0.3, 0.4) is 0 Å². The molecule has 0 saturated carbocycles. The molecule has 0 atom stereocenters. The number of anilines is 2. The van der Waals surface area contributed by atoms with Crippen molar-refractivity contribution in [3.05, 3.63) is 77.7 Å². The lowest BCUT2D eigenvalue weighted by Crippen LogP contribution is -2.52. The predicted molar refractivity (Wildman–Crippen MR) is 178 cm³/mol. The van der Waals surface area contributed by atoms with Crippen LogP contribution in [-0.4, -0.2) is 109 Å². The Balaban J connectivity index is 1.09. The van der Waals surface area contributed by atoms with Crippen LogP contribution in [-0.2, 0) is 27.5 Å². The number of nitrogens with one attached hydrogen (secondary N) is 2. The molecule has 2 aromatic carbocycles. The number of Topliss-reactive ketones (excluding diaryl/α,β-unsaturated/α-hetero) is 1. The van der Waals surface area contributed by atoms with Gasteiger partial charge in [0.15, 0.2) is 21.4 Å². The van der Waals surface area contributed by atoms with Gasteiger partial charge in [0, 0.05) is 64.3 Å². The van der Waals surface area contributed by atoms with E-state index in [-0.39, 0.29) is 16.4 Å². The predicted octanol–water partition coefficient (Wildman–Crippen LogP) is 3.91. The molecular formula is C34H43N7O3S. The smallest absolute Gasteiger partial charge is 0.180 e. The van der Waals surface area contributed by atoms with E-state index in [0.29, 0.717) is 48.3 Å². The number of hydrogen-bond acceptors (Lipinski definition) is 9. The lowest BCUT2D eigenvalue weighted by Gasteiger charge is -2.42. The first-order chi connectivity index (χ1) is 21.8. The van der Waals surface area contributed by atoms with Gasteiger partial charge in [0.05, 0.1) is 28.4 Å². The molecule has 2 aromatic heterocycles. The van der Waals surface area contributed by atoms with E-state index in [0.717, 1.165) is 68.8 Å². The normalized spacial score (nSPS) is 17.6. The fraction of sp³-hybridized carbons (Fsp3) is 0.441. The summed E-state index contributed by atoms with van der Waals surface area (Å²) in [5.41, 5.74) is 3.92. The summed E-state index contributed by atoms with van der Waals surface area (Å²) in [4.78, 5) is 33.4. The van der Waals surface area contributed by atoms with E-state index < -0.39 is 9.84 Å². The number of likely N-dealkylation sites (N-methyl/N-ethyl adjacent to an activating group) is 1. The highest BCUT2D eigenvalue weighted by Crippen LogP contribution is 2.28. The van der Waals surface area contributed by atoms with E-state index in [1.54, 1.807) is 37.4 Å². The molecule has 0 spiro atoms. The SMILES string of the molecule is CCS(=O)(=O)c1ccccc1Nc1nc(Cc2cccc(CC(=O)CN3CCC(N4CCN(C)CC4)CC3)c2)nc2cc[nH]c12. The number of aromatic nitrogens is 3. The zero-order chi connectivity index (χ0) is 31.4. The Bertz CT molecular complexity index is 1740. The summed E-state index contributed by atoms with van der Waals surface area (Å²) in [6.45, 7) is 8.67. The molecule has 45 heavy (non-hydrogen) atoms. The molecule has 2 aliphatic heterocycles. The fourth-order valence-electron chi connectivity index (χ4n) is 6.48. The van der Waals surface area contributed by atoms with Crippen molar-refractivity contribution in [2.24, 2.45) is 0 Å². The van der Waals surface area contributed by atoms with E-state index in [1.807, 2.05) is 24.3 Å². The molecule has 11 heteroatoms. The first kappa shape index (κ1) is 31.3. The van der Waals surface area contributed by atoms with Crippen LogP contribution in [0.1, 0.15) is 36.7 Å². The van der Waals surface area contributed by atoms with Gasteiger partial charge < -0.3 is 15.2 Å². The molecule has 4 heterocycles. The topological polar surface area (TPSA) is 115 Å². The Morgan fingerprint density at radius 2 is 1.71 bits per heavy atom. The Hall–Kier alpha value is -3.64. The number of sulfone groups is 1. The first-order valence-corrected chi connectivity index (χ1v) is 17.6. The first-order valence-electron chi connectivity index (χ1n) is 15.9. The summed E-state index contributed by atoms with van der Waals surface area (Å²) in [6.07, 6.45) is 4.94. The standard InChI is InChI=1S/C34H43N7O3S/c1-3-45(43,44)31-10-5-4-9-29(31)37-34-33-30(11-14-35-33)36-32(38-34)23-26-8-6-7-25(21-26)22-28(42)24-40-15-12-27(13-16-40)41-19-17-39(2)18-20-41/h4-11,14,21,27,35H,3,12-13,15-20,22-24H2,1-2H3,(H,36,37,38). The summed E-state index contributed by atoms with van der Waals surface area (Å²) in [6, 6.07) is 17.5. The maximum Gasteiger partial charge on any atom is 0.180 e. The second-order valence-corrected chi connectivity index (χ2v) is 14.6. The summed E-state index contributed by atoms with van der Waals surface area (Å²) in [7, 11) is -1.24. The maximum atomic E-state index is 13.1. The van der Waals surface area contributed by atoms with Gasteiger partial charge in [-0.2, -0.15) is 0 Å². The van der Waals surface area contributed by atoms with Crippen molar-refractivity contribution >= 4 is 38.2 Å². The number of benzene rings is 2. The van der Waals surface area contributed by atoms with Gasteiger partial charge in [-0.05, 0) is 49.2 Å². The average Bonchev–Trinajstić information content (AvgIpc) is 3.51. The Morgan fingerprint density at radius 1 is 0.956 bits per heavy atom. The highest BCUT2D eigenvalue weighted by molar-refractivity contribution is 7.91. The van der Waals surface area contributed by atoms with Crippen LogP contribution in [0.15, 0.2) is 65.7 Å². The average molecular weight is 630 g/mol. The number of ketones is 1. The number of carbonyl (C=O) groups is 1. The maximum absolute atomic E-state index is 13.1. The molecule has 2 aliphatic rings. The zero-order valence-corrected chi connectivity index (χ0v) is 27.0. The van der Waals surface area contributed by atoms with Crippen LogP contribution in [0.4, 0.5) is 11.5 Å². The highest BCUT2D eigenvalue weighted by Gasteiger charge is 2.27. The molecule has 238 valence electrons. The molecule has 0 amide bonds. The van der Waals surface area contributed by atoms with E-state index in [2.05, 4.69) is 38.1 Å². The third kappa shape index (κ3) is 7.61. The van der Waals surface area contributed by atoms with Gasteiger partial charge in [0.2, 0.25) is 0 Å². The zero-order valence-electron chi connectivity index (χ0n) is 26.2. The van der Waals surface area contributed by atoms with E-state index >= 15 is 0 Å². The van der Waals surface area contributed by atoms with Gasteiger partial charge in [0.25, 0.3) is 0 Å². The van der Waals surface area contributed by atoms with Gasteiger partial charge in [-0.3, -0.25) is 14.6 Å². The summed E-state index contributed by atoms with van der Waals surface area (Å²) < 4.78 is 25.5. The molecule has 2 fully saturated rings. The van der Waals surface area contributed by atoms with Crippen LogP contribution in [0.2, 0.25) is 0 Å². The number of H-pyrrole nitrogens is 1. The second kappa shape index (κ2) is 13.8. The Labute approximate surface area is 265 Å². The van der Waals surface area contributed by atoms with Gasteiger partial charge >= 0.3 is 0 Å². The number of rotatable bonds is 11.